The summed E-state index contributed by atoms with van der Waals surface area (Å²) >= 11 is 0. The number of nitrogens with zero attached hydrogens (tertiary/aromatic N) is 5. The minimum atomic E-state index is 0.482. The van der Waals surface area contributed by atoms with E-state index < -0.39 is 0 Å². The molecule has 1 saturated heterocycles. The fourth-order valence-corrected chi connectivity index (χ4v) is 3.53. The van der Waals surface area contributed by atoms with E-state index in [4.69, 9.17) is 0 Å². The molecule has 0 spiro atoms. The van der Waals surface area contributed by atoms with E-state index in [-0.39, 0.29) is 0 Å². The van der Waals surface area contributed by atoms with Crippen molar-refractivity contribution in [2.24, 2.45) is 7.05 Å². The van der Waals surface area contributed by atoms with Crippen molar-refractivity contribution >= 4 is 5.82 Å². The molecule has 5 heteroatoms. The zero-order valence-corrected chi connectivity index (χ0v) is 14.9. The summed E-state index contributed by atoms with van der Waals surface area (Å²) in [6.07, 6.45) is 4.40. The first-order valence-corrected chi connectivity index (χ1v) is 8.33. The Morgan fingerprint density at radius 2 is 2.09 bits per heavy atom. The molecule has 0 aromatic carbocycles. The molecule has 124 valence electrons. The number of aryl methyl sites for hydroxylation is 2. The first kappa shape index (κ1) is 16.0. The highest BCUT2D eigenvalue weighted by Gasteiger charge is 2.28. The van der Waals surface area contributed by atoms with Gasteiger partial charge in [0, 0.05) is 51.2 Å². The van der Waals surface area contributed by atoms with Crippen molar-refractivity contribution in [3.05, 3.63) is 40.8 Å². The Morgan fingerprint density at radius 1 is 1.30 bits per heavy atom. The number of aromatic nitrogens is 3. The summed E-state index contributed by atoms with van der Waals surface area (Å²) in [7, 11) is 6.11. The van der Waals surface area contributed by atoms with Crippen molar-refractivity contribution in [1.29, 1.82) is 0 Å². The van der Waals surface area contributed by atoms with Gasteiger partial charge in [0.05, 0.1) is 5.69 Å². The monoisotopic (exact) mass is 313 g/mol. The largest absolute Gasteiger partial charge is 0.363 e. The van der Waals surface area contributed by atoms with E-state index in [1.165, 1.54) is 29.7 Å². The second-order valence-electron chi connectivity index (χ2n) is 6.74. The van der Waals surface area contributed by atoms with Gasteiger partial charge in [0.2, 0.25) is 0 Å². The summed E-state index contributed by atoms with van der Waals surface area (Å²) in [5.74, 6) is 1.03. The molecule has 2 aromatic heterocycles. The smallest absolute Gasteiger partial charge is 0.128 e. The van der Waals surface area contributed by atoms with E-state index in [2.05, 4.69) is 45.9 Å². The van der Waals surface area contributed by atoms with Gasteiger partial charge in [-0.1, -0.05) is 0 Å². The normalized spacial score (nSPS) is 18.6. The zero-order chi connectivity index (χ0) is 16.6. The number of hydrogen-bond donors (Lipinski definition) is 0. The van der Waals surface area contributed by atoms with Crippen LogP contribution in [0.2, 0.25) is 0 Å². The number of rotatable bonds is 4. The molecule has 1 aliphatic heterocycles. The molecule has 1 atom stereocenters. The Morgan fingerprint density at radius 3 is 2.74 bits per heavy atom. The van der Waals surface area contributed by atoms with Crippen molar-refractivity contribution in [1.82, 2.24) is 19.7 Å². The van der Waals surface area contributed by atoms with Crippen LogP contribution in [-0.4, -0.2) is 40.3 Å². The van der Waals surface area contributed by atoms with Gasteiger partial charge in [-0.2, -0.15) is 5.10 Å². The molecular formula is C18H27N5. The Hall–Kier alpha value is -1.88. The molecule has 0 bridgehead atoms. The van der Waals surface area contributed by atoms with E-state index in [1.807, 2.05) is 32.0 Å². The van der Waals surface area contributed by atoms with Gasteiger partial charge < -0.3 is 4.90 Å². The summed E-state index contributed by atoms with van der Waals surface area (Å²) < 4.78 is 1.99. The Bertz CT molecular complexity index is 689. The Kier molecular flexibility index (Phi) is 4.39. The van der Waals surface area contributed by atoms with Gasteiger partial charge >= 0.3 is 0 Å². The van der Waals surface area contributed by atoms with Crippen LogP contribution in [0.4, 0.5) is 5.82 Å². The molecule has 2 aromatic rings. The van der Waals surface area contributed by atoms with Crippen LogP contribution in [0.15, 0.2) is 18.3 Å². The summed E-state index contributed by atoms with van der Waals surface area (Å²) in [5.41, 5.74) is 5.18. The highest BCUT2D eigenvalue weighted by Crippen LogP contribution is 2.34. The lowest BCUT2D eigenvalue weighted by Crippen LogP contribution is -2.24. The second kappa shape index (κ2) is 6.32. The van der Waals surface area contributed by atoms with Crippen molar-refractivity contribution in [3.8, 4) is 0 Å². The third-order valence-corrected chi connectivity index (χ3v) is 5.00. The minimum absolute atomic E-state index is 0.482. The molecule has 0 aliphatic carbocycles. The zero-order valence-electron chi connectivity index (χ0n) is 14.9. The summed E-state index contributed by atoms with van der Waals surface area (Å²) in [6.45, 7) is 6.41. The third kappa shape index (κ3) is 3.11. The van der Waals surface area contributed by atoms with Crippen molar-refractivity contribution in [2.75, 3.05) is 25.5 Å². The molecule has 23 heavy (non-hydrogen) atoms. The number of pyridine rings is 1. The van der Waals surface area contributed by atoms with Crippen LogP contribution in [0.1, 0.15) is 41.4 Å². The van der Waals surface area contributed by atoms with Gasteiger partial charge in [-0.15, -0.1) is 0 Å². The van der Waals surface area contributed by atoms with Gasteiger partial charge in [0.15, 0.2) is 0 Å². The molecule has 0 N–H and O–H groups in total. The third-order valence-electron chi connectivity index (χ3n) is 5.00. The molecule has 1 aliphatic rings. The summed E-state index contributed by atoms with van der Waals surface area (Å²) in [4.78, 5) is 9.10. The van der Waals surface area contributed by atoms with E-state index >= 15 is 0 Å². The second-order valence-corrected chi connectivity index (χ2v) is 6.74. The van der Waals surface area contributed by atoms with E-state index in [0.717, 1.165) is 24.6 Å². The SMILES string of the molecule is Cc1nn(C)c(C)c1CN1CCC[C@H]1c1ccnc(N(C)C)c1. The molecule has 1 fully saturated rings. The van der Waals surface area contributed by atoms with Crippen LogP contribution >= 0.6 is 0 Å². The molecular weight excluding hydrogens is 286 g/mol. The van der Waals surface area contributed by atoms with Crippen molar-refractivity contribution in [2.45, 2.75) is 39.3 Å². The molecule has 0 amide bonds. The van der Waals surface area contributed by atoms with Crippen LogP contribution in [-0.2, 0) is 13.6 Å². The first-order chi connectivity index (χ1) is 11.0. The predicted molar refractivity (Wildman–Crippen MR) is 93.6 cm³/mol. The van der Waals surface area contributed by atoms with Crippen LogP contribution in [0, 0.1) is 13.8 Å². The van der Waals surface area contributed by atoms with Crippen molar-refractivity contribution < 1.29 is 0 Å². The Labute approximate surface area is 138 Å². The van der Waals surface area contributed by atoms with Crippen LogP contribution in [0.3, 0.4) is 0 Å². The van der Waals surface area contributed by atoms with E-state index in [1.54, 1.807) is 0 Å². The van der Waals surface area contributed by atoms with Gasteiger partial charge in [-0.05, 0) is 50.9 Å². The maximum atomic E-state index is 4.56. The van der Waals surface area contributed by atoms with Gasteiger partial charge in [-0.25, -0.2) is 4.98 Å². The van der Waals surface area contributed by atoms with Gasteiger partial charge in [0.25, 0.3) is 0 Å². The lowest BCUT2D eigenvalue weighted by molar-refractivity contribution is 0.247. The lowest BCUT2D eigenvalue weighted by Gasteiger charge is -2.26. The van der Waals surface area contributed by atoms with Crippen LogP contribution in [0.5, 0.6) is 0 Å². The summed E-state index contributed by atoms with van der Waals surface area (Å²) in [5, 5.41) is 4.56. The molecule has 3 rings (SSSR count). The van der Waals surface area contributed by atoms with Gasteiger partial charge in [-0.3, -0.25) is 9.58 Å². The standard InChI is InChI=1S/C18H27N5/c1-13-16(14(2)22(5)20-13)12-23-10-6-7-17(23)15-8-9-19-18(11-15)21(3)4/h8-9,11,17H,6-7,10,12H2,1-5H3/t17-/m0/s1. The molecule has 3 heterocycles. The molecule has 5 nitrogen and oxygen atoms in total. The topological polar surface area (TPSA) is 37.2 Å². The maximum absolute atomic E-state index is 4.56. The number of anilines is 1. The lowest BCUT2D eigenvalue weighted by atomic mass is 10.0. The fraction of sp³-hybridized carbons (Fsp3) is 0.556. The average molecular weight is 313 g/mol. The average Bonchev–Trinajstić information content (AvgIpc) is 3.08. The number of hydrogen-bond acceptors (Lipinski definition) is 4. The first-order valence-electron chi connectivity index (χ1n) is 8.33. The predicted octanol–water partition coefficient (Wildman–Crippen LogP) is 2.84. The Balaban J connectivity index is 1.84. The molecule has 0 unspecified atom stereocenters. The molecule has 0 saturated carbocycles. The van der Waals surface area contributed by atoms with Gasteiger partial charge in [0.1, 0.15) is 5.82 Å². The fourth-order valence-electron chi connectivity index (χ4n) is 3.53. The quantitative estimate of drug-likeness (QED) is 0.870. The molecule has 0 radical (unpaired) electrons. The van der Waals surface area contributed by atoms with E-state index in [9.17, 15) is 0 Å². The van der Waals surface area contributed by atoms with Crippen molar-refractivity contribution in [3.63, 3.8) is 0 Å². The number of likely N-dealkylation sites (tertiary alicyclic amines) is 1. The van der Waals surface area contributed by atoms with E-state index in [0.29, 0.717) is 6.04 Å². The van der Waals surface area contributed by atoms with Crippen LogP contribution < -0.4 is 4.90 Å². The summed E-state index contributed by atoms with van der Waals surface area (Å²) in [6, 6.07) is 4.88. The minimum Gasteiger partial charge on any atom is -0.363 e. The van der Waals surface area contributed by atoms with Crippen LogP contribution in [0.25, 0.3) is 0 Å². The highest BCUT2D eigenvalue weighted by molar-refractivity contribution is 5.40. The highest BCUT2D eigenvalue weighted by atomic mass is 15.3. The maximum Gasteiger partial charge on any atom is 0.128 e.